The zero-order chi connectivity index (χ0) is 23.3. The standard InChI is InChI=1S/C25H34BrNO4S/c1-3-4-5-9-12-22(26)24(27-25(29)31-17-20-10-7-6-8-11-20)23(28)18-32(30)21-15-13-19(2)14-16-21/h6-8,10-11,13-16,22-24,28H,3-5,9,12,17-18H2,1-2H3,(H,27,29)/t22-,23-,24-,32?/m1/s1. The maximum Gasteiger partial charge on any atom is 0.407 e. The number of unbranched alkanes of at least 4 members (excludes halogenated alkanes) is 3. The van der Waals surface area contributed by atoms with Crippen LogP contribution in [-0.4, -0.2) is 38.1 Å². The number of amides is 1. The number of alkyl halides is 1. The van der Waals surface area contributed by atoms with Crippen LogP contribution in [0, 0.1) is 6.92 Å². The van der Waals surface area contributed by atoms with E-state index in [4.69, 9.17) is 4.74 Å². The smallest absolute Gasteiger partial charge is 0.407 e. The van der Waals surface area contributed by atoms with Gasteiger partial charge in [0.1, 0.15) is 6.61 Å². The molecule has 0 saturated carbocycles. The van der Waals surface area contributed by atoms with Crippen LogP contribution in [-0.2, 0) is 22.1 Å². The summed E-state index contributed by atoms with van der Waals surface area (Å²) in [6, 6.07) is 16.2. The van der Waals surface area contributed by atoms with E-state index in [1.54, 1.807) is 0 Å². The van der Waals surface area contributed by atoms with E-state index in [-0.39, 0.29) is 17.2 Å². The highest BCUT2D eigenvalue weighted by molar-refractivity contribution is 9.09. The topological polar surface area (TPSA) is 75.6 Å². The monoisotopic (exact) mass is 523 g/mol. The van der Waals surface area contributed by atoms with Crippen molar-refractivity contribution in [2.24, 2.45) is 0 Å². The van der Waals surface area contributed by atoms with Crippen LogP contribution in [0.15, 0.2) is 59.5 Å². The Morgan fingerprint density at radius 2 is 1.78 bits per heavy atom. The summed E-state index contributed by atoms with van der Waals surface area (Å²) in [6.07, 6.45) is 3.56. The van der Waals surface area contributed by atoms with Gasteiger partial charge in [-0.1, -0.05) is 96.6 Å². The number of rotatable bonds is 13. The Morgan fingerprint density at radius 3 is 2.44 bits per heavy atom. The van der Waals surface area contributed by atoms with E-state index in [9.17, 15) is 14.1 Å². The number of ether oxygens (including phenoxy) is 1. The van der Waals surface area contributed by atoms with Crippen molar-refractivity contribution in [3.05, 3.63) is 65.7 Å². The Morgan fingerprint density at radius 1 is 1.09 bits per heavy atom. The van der Waals surface area contributed by atoms with Crippen LogP contribution in [0.2, 0.25) is 0 Å². The summed E-state index contributed by atoms with van der Waals surface area (Å²) >= 11 is 3.65. The molecule has 0 fully saturated rings. The fourth-order valence-corrected chi connectivity index (χ4v) is 5.28. The molecule has 2 N–H and O–H groups in total. The number of aryl methyl sites for hydroxylation is 1. The molecule has 2 aromatic rings. The summed E-state index contributed by atoms with van der Waals surface area (Å²) in [6.45, 7) is 4.27. The first-order valence-electron chi connectivity index (χ1n) is 11.1. The highest BCUT2D eigenvalue weighted by Crippen LogP contribution is 2.20. The molecule has 32 heavy (non-hydrogen) atoms. The summed E-state index contributed by atoms with van der Waals surface area (Å²) in [5.74, 6) is 0.0315. The van der Waals surface area contributed by atoms with E-state index in [1.807, 2.05) is 61.5 Å². The van der Waals surface area contributed by atoms with Gasteiger partial charge in [0, 0.05) is 9.72 Å². The van der Waals surface area contributed by atoms with Crippen molar-refractivity contribution in [3.63, 3.8) is 0 Å². The van der Waals surface area contributed by atoms with Crippen LogP contribution < -0.4 is 5.32 Å². The third-order valence-corrected chi connectivity index (χ3v) is 7.71. The molecule has 0 aliphatic heterocycles. The lowest BCUT2D eigenvalue weighted by molar-refractivity contribution is 0.109. The second kappa shape index (κ2) is 14.4. The van der Waals surface area contributed by atoms with Crippen molar-refractivity contribution in [1.29, 1.82) is 0 Å². The van der Waals surface area contributed by atoms with Crippen LogP contribution in [0.5, 0.6) is 0 Å². The highest BCUT2D eigenvalue weighted by atomic mass is 79.9. The number of hydrogen-bond donors (Lipinski definition) is 2. The zero-order valence-electron chi connectivity index (χ0n) is 18.8. The second-order valence-electron chi connectivity index (χ2n) is 7.99. The molecule has 0 heterocycles. The molecule has 5 nitrogen and oxygen atoms in total. The molecule has 2 rings (SSSR count). The molecule has 1 amide bonds. The van der Waals surface area contributed by atoms with Gasteiger partial charge in [-0.05, 0) is 31.0 Å². The molecule has 0 spiro atoms. The Bertz CT molecular complexity index is 832. The van der Waals surface area contributed by atoms with Crippen LogP contribution >= 0.6 is 15.9 Å². The minimum Gasteiger partial charge on any atom is -0.445 e. The summed E-state index contributed by atoms with van der Waals surface area (Å²) < 4.78 is 18.1. The van der Waals surface area contributed by atoms with Crippen LogP contribution in [0.1, 0.15) is 50.2 Å². The van der Waals surface area contributed by atoms with Gasteiger partial charge in [0.2, 0.25) is 0 Å². The molecule has 4 atom stereocenters. The number of halogens is 1. The minimum absolute atomic E-state index is 0.0315. The maximum atomic E-state index is 12.8. The van der Waals surface area contributed by atoms with E-state index in [0.717, 1.165) is 43.2 Å². The SMILES string of the molecule is CCCCCC[C@@H](Br)[C@@H](NC(=O)OCc1ccccc1)[C@H](O)CS(=O)c1ccc(C)cc1. The molecule has 7 heteroatoms. The fourth-order valence-electron chi connectivity index (χ4n) is 3.32. The van der Waals surface area contributed by atoms with Gasteiger partial charge in [0.15, 0.2) is 0 Å². The Hall–Kier alpha value is -1.70. The zero-order valence-corrected chi connectivity index (χ0v) is 21.2. The van der Waals surface area contributed by atoms with Crippen molar-refractivity contribution in [3.8, 4) is 0 Å². The van der Waals surface area contributed by atoms with Crippen molar-refractivity contribution in [1.82, 2.24) is 5.32 Å². The molecular weight excluding hydrogens is 490 g/mol. The van der Waals surface area contributed by atoms with Crippen molar-refractivity contribution in [2.45, 2.75) is 74.4 Å². The van der Waals surface area contributed by atoms with Gasteiger partial charge in [-0.15, -0.1) is 0 Å². The summed E-state index contributed by atoms with van der Waals surface area (Å²) in [5, 5.41) is 13.7. The van der Waals surface area contributed by atoms with Gasteiger partial charge in [-0.25, -0.2) is 4.79 Å². The maximum absolute atomic E-state index is 12.8. The van der Waals surface area contributed by atoms with Crippen molar-refractivity contribution < 1.29 is 18.8 Å². The van der Waals surface area contributed by atoms with Crippen LogP contribution in [0.3, 0.4) is 0 Å². The molecule has 176 valence electrons. The van der Waals surface area contributed by atoms with Crippen molar-refractivity contribution >= 4 is 32.8 Å². The molecular formula is C25H34BrNO4S. The van der Waals surface area contributed by atoms with Gasteiger partial charge in [0.25, 0.3) is 0 Å². The number of nitrogens with one attached hydrogen (secondary N) is 1. The molecule has 0 radical (unpaired) electrons. The largest absolute Gasteiger partial charge is 0.445 e. The predicted molar refractivity (Wildman–Crippen MR) is 133 cm³/mol. The van der Waals surface area contributed by atoms with E-state index in [1.165, 1.54) is 0 Å². The van der Waals surface area contributed by atoms with Gasteiger partial charge < -0.3 is 15.2 Å². The number of hydrogen-bond acceptors (Lipinski definition) is 4. The second-order valence-corrected chi connectivity index (χ2v) is 10.7. The fraction of sp³-hybridized carbons (Fsp3) is 0.480. The molecule has 0 aliphatic carbocycles. The third kappa shape index (κ3) is 9.43. The minimum atomic E-state index is -1.38. The first-order valence-corrected chi connectivity index (χ1v) is 13.4. The predicted octanol–water partition coefficient (Wildman–Crippen LogP) is 5.49. The molecule has 0 saturated heterocycles. The highest BCUT2D eigenvalue weighted by Gasteiger charge is 2.30. The number of aliphatic hydroxyl groups is 1. The van der Waals surface area contributed by atoms with E-state index >= 15 is 0 Å². The van der Waals surface area contributed by atoms with Crippen LogP contribution in [0.25, 0.3) is 0 Å². The number of aliphatic hydroxyl groups excluding tert-OH is 1. The average molecular weight is 525 g/mol. The lowest BCUT2D eigenvalue weighted by Crippen LogP contribution is -2.50. The van der Waals surface area contributed by atoms with E-state index in [0.29, 0.717) is 4.90 Å². The average Bonchev–Trinajstić information content (AvgIpc) is 2.79. The van der Waals surface area contributed by atoms with E-state index < -0.39 is 29.0 Å². The first kappa shape index (κ1) is 26.6. The van der Waals surface area contributed by atoms with Gasteiger partial charge >= 0.3 is 6.09 Å². The van der Waals surface area contributed by atoms with Crippen molar-refractivity contribution in [2.75, 3.05) is 5.75 Å². The number of alkyl carbamates (subject to hydrolysis) is 1. The Kier molecular flexibility index (Phi) is 12.0. The number of carbonyl (C=O) groups is 1. The first-order chi connectivity index (χ1) is 15.4. The number of carbonyl (C=O) groups excluding carboxylic acids is 1. The Labute approximate surface area is 202 Å². The van der Waals surface area contributed by atoms with Gasteiger partial charge in [-0.3, -0.25) is 4.21 Å². The molecule has 2 aromatic carbocycles. The molecule has 0 aliphatic rings. The number of benzene rings is 2. The quantitative estimate of drug-likeness (QED) is 0.268. The summed E-state index contributed by atoms with van der Waals surface area (Å²) in [5.41, 5.74) is 1.97. The van der Waals surface area contributed by atoms with Crippen LogP contribution in [0.4, 0.5) is 4.79 Å². The summed E-state index contributed by atoms with van der Waals surface area (Å²) in [4.78, 5) is 13.0. The lowest BCUT2D eigenvalue weighted by atomic mass is 10.0. The van der Waals surface area contributed by atoms with Gasteiger partial charge in [-0.2, -0.15) is 0 Å². The molecule has 1 unspecified atom stereocenters. The Balaban J connectivity index is 2.00. The third-order valence-electron chi connectivity index (χ3n) is 5.24. The molecule has 0 aromatic heterocycles. The molecule has 0 bridgehead atoms. The van der Waals surface area contributed by atoms with E-state index in [2.05, 4.69) is 28.2 Å². The van der Waals surface area contributed by atoms with Gasteiger partial charge in [0.05, 0.1) is 28.7 Å². The summed E-state index contributed by atoms with van der Waals surface area (Å²) in [7, 11) is -1.38. The lowest BCUT2D eigenvalue weighted by Gasteiger charge is -2.28. The normalized spacial score (nSPS) is 14.9.